The molecule has 2 aromatic carbocycles. The van der Waals surface area contributed by atoms with Gasteiger partial charge in [-0.2, -0.15) is 0 Å². The second kappa shape index (κ2) is 7.48. The van der Waals surface area contributed by atoms with Gasteiger partial charge in [0.05, 0.1) is 0 Å². The Labute approximate surface area is 132 Å². The molecule has 0 atom stereocenters. The van der Waals surface area contributed by atoms with Crippen molar-refractivity contribution >= 4 is 17.3 Å². The lowest BCUT2D eigenvalue weighted by molar-refractivity contribution is 0.588. The summed E-state index contributed by atoms with van der Waals surface area (Å²) in [6, 6.07) is 17.1. The normalized spacial score (nSPS) is 10.9. The summed E-state index contributed by atoms with van der Waals surface area (Å²) in [5.74, 6) is 0. The third kappa shape index (κ3) is 4.76. The van der Waals surface area contributed by atoms with Crippen LogP contribution in [0.4, 0.5) is 5.69 Å². The molecular formula is C18H23ClN2. The van der Waals surface area contributed by atoms with Gasteiger partial charge < -0.3 is 10.2 Å². The first-order chi connectivity index (χ1) is 10.1. The maximum absolute atomic E-state index is 5.94. The Hall–Kier alpha value is -1.51. The van der Waals surface area contributed by atoms with Gasteiger partial charge >= 0.3 is 0 Å². The number of benzene rings is 2. The quantitative estimate of drug-likeness (QED) is 0.846. The highest BCUT2D eigenvalue weighted by Gasteiger charge is 2.08. The minimum Gasteiger partial charge on any atom is -0.370 e. The zero-order chi connectivity index (χ0) is 15.2. The van der Waals surface area contributed by atoms with Gasteiger partial charge in [0.1, 0.15) is 0 Å². The molecule has 2 aromatic rings. The molecule has 0 aliphatic heterocycles. The van der Waals surface area contributed by atoms with Crippen molar-refractivity contribution < 1.29 is 0 Å². The Morgan fingerprint density at radius 1 is 1.05 bits per heavy atom. The number of nitrogens with zero attached hydrogens (tertiary/aromatic N) is 1. The largest absolute Gasteiger partial charge is 0.370 e. The summed E-state index contributed by atoms with van der Waals surface area (Å²) in [6.45, 7) is 6.09. The predicted molar refractivity (Wildman–Crippen MR) is 92.0 cm³/mol. The van der Waals surface area contributed by atoms with E-state index in [1.807, 2.05) is 12.1 Å². The molecule has 0 aliphatic rings. The minimum absolute atomic E-state index is 0.486. The van der Waals surface area contributed by atoms with Crippen molar-refractivity contribution in [2.75, 3.05) is 11.9 Å². The lowest BCUT2D eigenvalue weighted by atomic mass is 10.1. The number of para-hydroxylation sites is 1. The van der Waals surface area contributed by atoms with Crippen molar-refractivity contribution in [1.29, 1.82) is 0 Å². The van der Waals surface area contributed by atoms with Crippen LogP contribution in [0.15, 0.2) is 48.5 Å². The molecule has 21 heavy (non-hydrogen) atoms. The maximum atomic E-state index is 5.94. The van der Waals surface area contributed by atoms with E-state index in [-0.39, 0.29) is 0 Å². The van der Waals surface area contributed by atoms with E-state index in [1.54, 1.807) is 0 Å². The van der Waals surface area contributed by atoms with Gasteiger partial charge in [0, 0.05) is 36.9 Å². The van der Waals surface area contributed by atoms with Crippen molar-refractivity contribution in [2.45, 2.75) is 33.0 Å². The molecule has 0 saturated carbocycles. The van der Waals surface area contributed by atoms with Gasteiger partial charge in [0.15, 0.2) is 0 Å². The summed E-state index contributed by atoms with van der Waals surface area (Å²) in [4.78, 5) is 2.28. The summed E-state index contributed by atoms with van der Waals surface area (Å²) in [5, 5.41) is 4.26. The Bertz CT molecular complexity index is 564. The molecule has 0 spiro atoms. The molecule has 0 amide bonds. The fraction of sp³-hybridized carbons (Fsp3) is 0.333. The number of nitrogens with one attached hydrogen (secondary N) is 1. The van der Waals surface area contributed by atoms with Crippen LogP contribution < -0.4 is 10.2 Å². The minimum atomic E-state index is 0.486. The van der Waals surface area contributed by atoms with E-state index in [2.05, 4.69) is 67.5 Å². The van der Waals surface area contributed by atoms with Gasteiger partial charge in [-0.15, -0.1) is 0 Å². The lowest BCUT2D eigenvalue weighted by Crippen LogP contribution is -2.24. The van der Waals surface area contributed by atoms with Crippen LogP contribution in [0, 0.1) is 0 Å². The van der Waals surface area contributed by atoms with Crippen LogP contribution in [0.1, 0.15) is 25.0 Å². The smallest absolute Gasteiger partial charge is 0.0426 e. The highest BCUT2D eigenvalue weighted by atomic mass is 35.5. The second-order valence-electron chi connectivity index (χ2n) is 5.65. The Kier molecular flexibility index (Phi) is 5.66. The molecular weight excluding hydrogens is 280 g/mol. The Balaban J connectivity index is 2.11. The SMILES string of the molecule is CC(C)NCc1ccccc1N(C)Cc1ccc(Cl)cc1. The maximum Gasteiger partial charge on any atom is 0.0426 e. The van der Waals surface area contributed by atoms with Gasteiger partial charge in [-0.25, -0.2) is 0 Å². The summed E-state index contributed by atoms with van der Waals surface area (Å²) >= 11 is 5.94. The first kappa shape index (κ1) is 15.9. The molecule has 0 aromatic heterocycles. The molecule has 112 valence electrons. The van der Waals surface area contributed by atoms with E-state index in [4.69, 9.17) is 11.6 Å². The van der Waals surface area contributed by atoms with E-state index in [1.165, 1.54) is 16.8 Å². The van der Waals surface area contributed by atoms with Crippen LogP contribution in [0.3, 0.4) is 0 Å². The van der Waals surface area contributed by atoms with Crippen LogP contribution in [-0.4, -0.2) is 13.1 Å². The lowest BCUT2D eigenvalue weighted by Gasteiger charge is -2.23. The zero-order valence-corrected chi connectivity index (χ0v) is 13.7. The van der Waals surface area contributed by atoms with Crippen molar-refractivity contribution in [1.82, 2.24) is 5.32 Å². The average molecular weight is 303 g/mol. The summed E-state index contributed by atoms with van der Waals surface area (Å²) in [6.07, 6.45) is 0. The van der Waals surface area contributed by atoms with Gasteiger partial charge in [0.2, 0.25) is 0 Å². The first-order valence-electron chi connectivity index (χ1n) is 7.33. The van der Waals surface area contributed by atoms with Crippen LogP contribution in [0.25, 0.3) is 0 Å². The van der Waals surface area contributed by atoms with E-state index in [0.717, 1.165) is 18.1 Å². The van der Waals surface area contributed by atoms with Crippen molar-refractivity contribution in [3.05, 3.63) is 64.7 Å². The molecule has 1 N–H and O–H groups in total. The highest BCUT2D eigenvalue weighted by molar-refractivity contribution is 6.30. The summed E-state index contributed by atoms with van der Waals surface area (Å²) in [7, 11) is 2.13. The van der Waals surface area contributed by atoms with Crippen molar-refractivity contribution in [2.24, 2.45) is 0 Å². The third-order valence-corrected chi connectivity index (χ3v) is 3.69. The van der Waals surface area contributed by atoms with Gasteiger partial charge in [-0.1, -0.05) is 55.8 Å². The second-order valence-corrected chi connectivity index (χ2v) is 6.08. The van der Waals surface area contributed by atoms with Crippen LogP contribution in [-0.2, 0) is 13.1 Å². The van der Waals surface area contributed by atoms with Gasteiger partial charge in [-0.3, -0.25) is 0 Å². The van der Waals surface area contributed by atoms with Crippen LogP contribution in [0.5, 0.6) is 0 Å². The number of hydrogen-bond acceptors (Lipinski definition) is 2. The topological polar surface area (TPSA) is 15.3 Å². The molecule has 0 bridgehead atoms. The molecule has 0 heterocycles. The monoisotopic (exact) mass is 302 g/mol. The average Bonchev–Trinajstić information content (AvgIpc) is 2.47. The predicted octanol–water partition coefficient (Wildman–Crippen LogP) is 4.47. The Morgan fingerprint density at radius 3 is 2.38 bits per heavy atom. The molecule has 0 radical (unpaired) electrons. The molecule has 0 aliphatic carbocycles. The zero-order valence-electron chi connectivity index (χ0n) is 12.9. The number of halogens is 1. The molecule has 2 rings (SSSR count). The van der Waals surface area contributed by atoms with E-state index in [0.29, 0.717) is 6.04 Å². The number of anilines is 1. The fourth-order valence-electron chi connectivity index (χ4n) is 2.30. The summed E-state index contributed by atoms with van der Waals surface area (Å²) < 4.78 is 0. The van der Waals surface area contributed by atoms with E-state index < -0.39 is 0 Å². The Morgan fingerprint density at radius 2 is 1.71 bits per heavy atom. The van der Waals surface area contributed by atoms with E-state index in [9.17, 15) is 0 Å². The van der Waals surface area contributed by atoms with E-state index >= 15 is 0 Å². The standard InChI is InChI=1S/C18H23ClN2/c1-14(2)20-12-16-6-4-5-7-18(16)21(3)13-15-8-10-17(19)11-9-15/h4-11,14,20H,12-13H2,1-3H3. The first-order valence-corrected chi connectivity index (χ1v) is 7.71. The van der Waals surface area contributed by atoms with Crippen LogP contribution >= 0.6 is 11.6 Å². The fourth-order valence-corrected chi connectivity index (χ4v) is 2.42. The van der Waals surface area contributed by atoms with Gasteiger partial charge in [-0.05, 0) is 29.3 Å². The third-order valence-electron chi connectivity index (χ3n) is 3.44. The molecule has 0 unspecified atom stereocenters. The summed E-state index contributed by atoms with van der Waals surface area (Å²) in [5.41, 5.74) is 3.84. The molecule has 2 nitrogen and oxygen atoms in total. The van der Waals surface area contributed by atoms with Crippen molar-refractivity contribution in [3.8, 4) is 0 Å². The van der Waals surface area contributed by atoms with Crippen molar-refractivity contribution in [3.63, 3.8) is 0 Å². The molecule has 3 heteroatoms. The van der Waals surface area contributed by atoms with Gasteiger partial charge in [0.25, 0.3) is 0 Å². The molecule has 0 fully saturated rings. The highest BCUT2D eigenvalue weighted by Crippen LogP contribution is 2.21. The molecule has 0 saturated heterocycles. The number of rotatable bonds is 6. The van der Waals surface area contributed by atoms with Crippen LogP contribution in [0.2, 0.25) is 5.02 Å². The number of hydrogen-bond donors (Lipinski definition) is 1.